The molecule has 182 valence electrons. The Morgan fingerprint density at radius 1 is 1.14 bits per heavy atom. The number of aliphatic hydroxyl groups is 1. The average Bonchev–Trinajstić information content (AvgIpc) is 3.45. The summed E-state index contributed by atoms with van der Waals surface area (Å²) < 4.78 is 5.94. The summed E-state index contributed by atoms with van der Waals surface area (Å²) >= 11 is 1.24. The number of para-hydroxylation sites is 1. The lowest BCUT2D eigenvalue weighted by molar-refractivity contribution is 0.0878. The summed E-state index contributed by atoms with van der Waals surface area (Å²) in [6, 6.07) is 16.2. The van der Waals surface area contributed by atoms with Crippen molar-refractivity contribution < 1.29 is 19.4 Å². The molecular formula is C27H24N4O4S. The second kappa shape index (κ2) is 8.92. The van der Waals surface area contributed by atoms with E-state index in [1.54, 1.807) is 17.2 Å². The van der Waals surface area contributed by atoms with E-state index in [9.17, 15) is 14.7 Å². The second-order valence-corrected chi connectivity index (χ2v) is 10.0. The molecule has 0 bridgehead atoms. The van der Waals surface area contributed by atoms with E-state index in [1.165, 1.54) is 11.3 Å². The first-order valence-corrected chi connectivity index (χ1v) is 12.7. The number of pyridine rings is 1. The van der Waals surface area contributed by atoms with Crippen LogP contribution in [0.25, 0.3) is 10.2 Å². The number of nitrogens with zero attached hydrogens (tertiary/aromatic N) is 2. The minimum atomic E-state index is -0.546. The zero-order valence-electron chi connectivity index (χ0n) is 19.5. The molecule has 1 aliphatic carbocycles. The van der Waals surface area contributed by atoms with Crippen molar-refractivity contribution in [3.8, 4) is 11.5 Å². The van der Waals surface area contributed by atoms with Gasteiger partial charge in [-0.3, -0.25) is 9.69 Å². The molecule has 0 spiro atoms. The fourth-order valence-corrected chi connectivity index (χ4v) is 5.92. The van der Waals surface area contributed by atoms with E-state index in [2.05, 4.69) is 15.6 Å². The summed E-state index contributed by atoms with van der Waals surface area (Å²) in [5.41, 5.74) is 2.69. The molecule has 1 saturated carbocycles. The molecule has 6 rings (SSSR count). The van der Waals surface area contributed by atoms with Gasteiger partial charge in [-0.15, -0.1) is 11.3 Å². The highest BCUT2D eigenvalue weighted by molar-refractivity contribution is 7.21. The molecule has 3 N–H and O–H groups in total. The van der Waals surface area contributed by atoms with Crippen molar-refractivity contribution in [1.29, 1.82) is 0 Å². The van der Waals surface area contributed by atoms with E-state index in [0.29, 0.717) is 38.9 Å². The molecule has 8 nitrogen and oxygen atoms in total. The minimum absolute atomic E-state index is 0.280. The molecule has 2 aliphatic rings. The maximum Gasteiger partial charge on any atom is 0.331 e. The number of aliphatic hydroxyl groups excluding tert-OH is 1. The van der Waals surface area contributed by atoms with E-state index in [0.717, 1.165) is 29.5 Å². The number of amides is 3. The molecule has 2 atom stereocenters. The van der Waals surface area contributed by atoms with Gasteiger partial charge in [0.05, 0.1) is 34.6 Å². The van der Waals surface area contributed by atoms with E-state index >= 15 is 0 Å². The normalized spacial score (nSPS) is 18.8. The smallest absolute Gasteiger partial charge is 0.331 e. The molecule has 36 heavy (non-hydrogen) atoms. The summed E-state index contributed by atoms with van der Waals surface area (Å²) in [5, 5.41) is 16.7. The molecule has 1 fully saturated rings. The molecule has 0 unspecified atom stereocenters. The number of benzene rings is 2. The van der Waals surface area contributed by atoms with Crippen LogP contribution in [0.4, 0.5) is 21.9 Å². The highest BCUT2D eigenvalue weighted by Crippen LogP contribution is 2.46. The number of carbonyl (C=O) groups is 2. The number of thiophene rings is 1. The van der Waals surface area contributed by atoms with Gasteiger partial charge in [0.1, 0.15) is 21.2 Å². The van der Waals surface area contributed by atoms with Crippen molar-refractivity contribution in [2.24, 2.45) is 0 Å². The van der Waals surface area contributed by atoms with Crippen LogP contribution in [0.1, 0.15) is 34.5 Å². The lowest BCUT2D eigenvalue weighted by Crippen LogP contribution is -2.40. The van der Waals surface area contributed by atoms with Crippen LogP contribution in [0.15, 0.2) is 60.8 Å². The summed E-state index contributed by atoms with van der Waals surface area (Å²) in [5.74, 6) is 1.09. The number of nitrogens with one attached hydrogen (secondary N) is 2. The van der Waals surface area contributed by atoms with Gasteiger partial charge in [0.2, 0.25) is 0 Å². The van der Waals surface area contributed by atoms with Crippen LogP contribution in [0.2, 0.25) is 0 Å². The van der Waals surface area contributed by atoms with Crippen LogP contribution in [-0.4, -0.2) is 34.2 Å². The number of carbonyl (C=O) groups excluding carboxylic acids is 2. The highest BCUT2D eigenvalue weighted by Gasteiger charge is 2.35. The molecule has 0 radical (unpaired) electrons. The van der Waals surface area contributed by atoms with Gasteiger partial charge in [0, 0.05) is 6.20 Å². The van der Waals surface area contributed by atoms with Gasteiger partial charge in [-0.2, -0.15) is 0 Å². The number of hydrogen-bond donors (Lipinski definition) is 3. The Labute approximate surface area is 211 Å². The predicted molar refractivity (Wildman–Crippen MR) is 140 cm³/mol. The third-order valence-electron chi connectivity index (χ3n) is 6.64. The molecule has 0 saturated heterocycles. The van der Waals surface area contributed by atoms with Crippen molar-refractivity contribution in [3.63, 3.8) is 0 Å². The lowest BCUT2D eigenvalue weighted by Gasteiger charge is -2.29. The average molecular weight is 501 g/mol. The number of aromatic nitrogens is 1. The van der Waals surface area contributed by atoms with Crippen LogP contribution < -0.4 is 20.3 Å². The van der Waals surface area contributed by atoms with Crippen LogP contribution in [-0.2, 0) is 0 Å². The molecule has 3 amide bonds. The lowest BCUT2D eigenvalue weighted by atomic mass is 10.1. The van der Waals surface area contributed by atoms with Crippen molar-refractivity contribution in [3.05, 3.63) is 71.2 Å². The zero-order valence-corrected chi connectivity index (χ0v) is 20.3. The Morgan fingerprint density at radius 2 is 1.97 bits per heavy atom. The SMILES string of the molecule is Cc1cc(Oc2ccccc2)ccc1N1C(=O)Nc2c(C(=O)N[C@H]3CCC[C@@H]3O)sc3nccc1c23. The van der Waals surface area contributed by atoms with Gasteiger partial charge in [-0.25, -0.2) is 9.78 Å². The molecule has 1 aliphatic heterocycles. The zero-order chi connectivity index (χ0) is 24.8. The van der Waals surface area contributed by atoms with Crippen molar-refractivity contribution >= 4 is 50.6 Å². The molecule has 2 aromatic heterocycles. The van der Waals surface area contributed by atoms with Crippen LogP contribution in [0.3, 0.4) is 0 Å². The number of rotatable bonds is 5. The summed E-state index contributed by atoms with van der Waals surface area (Å²) in [6.45, 7) is 1.92. The van der Waals surface area contributed by atoms with Crippen molar-refractivity contribution in [2.45, 2.75) is 38.3 Å². The monoisotopic (exact) mass is 500 g/mol. The largest absolute Gasteiger partial charge is 0.457 e. The van der Waals surface area contributed by atoms with E-state index in [1.807, 2.05) is 55.5 Å². The molecular weight excluding hydrogens is 476 g/mol. The van der Waals surface area contributed by atoms with Crippen molar-refractivity contribution in [1.82, 2.24) is 10.3 Å². The van der Waals surface area contributed by atoms with Crippen molar-refractivity contribution in [2.75, 3.05) is 10.2 Å². The van der Waals surface area contributed by atoms with Gasteiger partial charge in [0.25, 0.3) is 5.91 Å². The second-order valence-electron chi connectivity index (χ2n) is 9.02. The summed E-state index contributed by atoms with van der Waals surface area (Å²) in [7, 11) is 0. The number of ether oxygens (including phenoxy) is 1. The first kappa shape index (κ1) is 22.5. The number of urea groups is 1. The van der Waals surface area contributed by atoms with Crippen LogP contribution in [0, 0.1) is 6.92 Å². The van der Waals surface area contributed by atoms with E-state index in [4.69, 9.17) is 4.74 Å². The van der Waals surface area contributed by atoms with Gasteiger partial charge >= 0.3 is 6.03 Å². The highest BCUT2D eigenvalue weighted by atomic mass is 32.1. The van der Waals surface area contributed by atoms with Crippen LogP contribution in [0.5, 0.6) is 11.5 Å². The Hall–Kier alpha value is -3.95. The molecule has 9 heteroatoms. The van der Waals surface area contributed by atoms with Gasteiger partial charge in [-0.05, 0) is 68.1 Å². The van der Waals surface area contributed by atoms with Gasteiger partial charge < -0.3 is 20.5 Å². The predicted octanol–water partition coefficient (Wildman–Crippen LogP) is 5.72. The first-order chi connectivity index (χ1) is 17.5. The molecule has 3 heterocycles. The number of anilines is 3. The van der Waals surface area contributed by atoms with Crippen LogP contribution >= 0.6 is 11.3 Å². The molecule has 4 aromatic rings. The fraction of sp³-hybridized carbons (Fsp3) is 0.222. The topological polar surface area (TPSA) is 104 Å². The Bertz CT molecular complexity index is 1490. The number of hydrogen-bond acceptors (Lipinski definition) is 6. The first-order valence-electron chi connectivity index (χ1n) is 11.8. The quantitative estimate of drug-likeness (QED) is 0.325. The maximum absolute atomic E-state index is 13.4. The third-order valence-corrected chi connectivity index (χ3v) is 7.73. The third kappa shape index (κ3) is 3.86. The fourth-order valence-electron chi connectivity index (χ4n) is 4.89. The Morgan fingerprint density at radius 3 is 2.72 bits per heavy atom. The summed E-state index contributed by atoms with van der Waals surface area (Å²) in [4.78, 5) is 33.6. The number of aryl methyl sites for hydroxylation is 1. The molecule has 2 aromatic carbocycles. The minimum Gasteiger partial charge on any atom is -0.457 e. The summed E-state index contributed by atoms with van der Waals surface area (Å²) in [6.07, 6.45) is 3.39. The standard InChI is InChI=1S/C27H24N4O4S/c1-15-14-17(35-16-6-3-2-4-7-16)10-11-19(15)31-20-12-13-28-26-22(20)23(30-27(31)34)24(36-26)25(33)29-18-8-5-9-21(18)32/h2-4,6-7,10-14,18,21,32H,5,8-9H2,1H3,(H,29,33)(H,30,34)/t18-,21-/m0/s1. The Balaban J connectivity index is 1.35. The van der Waals surface area contributed by atoms with Gasteiger partial charge in [-0.1, -0.05) is 18.2 Å². The van der Waals surface area contributed by atoms with E-state index in [-0.39, 0.29) is 18.0 Å². The maximum atomic E-state index is 13.4. The van der Waals surface area contributed by atoms with E-state index < -0.39 is 6.10 Å². The Kier molecular flexibility index (Phi) is 5.58. The van der Waals surface area contributed by atoms with Gasteiger partial charge in [0.15, 0.2) is 0 Å².